The molecule has 0 aliphatic heterocycles. The summed E-state index contributed by atoms with van der Waals surface area (Å²) in [4.78, 5) is 15.3. The Kier molecular flexibility index (Phi) is 2.19. The number of benzene rings is 1. The summed E-state index contributed by atoms with van der Waals surface area (Å²) in [6.45, 7) is 0. The summed E-state index contributed by atoms with van der Waals surface area (Å²) in [6, 6.07) is 5.65. The van der Waals surface area contributed by atoms with E-state index in [4.69, 9.17) is 10.5 Å². The van der Waals surface area contributed by atoms with Crippen molar-refractivity contribution >= 4 is 16.7 Å². The summed E-state index contributed by atoms with van der Waals surface area (Å²) in [7, 11) is 1.63. The number of ketones is 1. The number of carbonyl (C=O) groups is 1. The molecule has 1 heterocycles. The number of carbonyl (C=O) groups excluding carboxylic acids is 1. The summed E-state index contributed by atoms with van der Waals surface area (Å²) < 4.78 is 5.17. The summed E-state index contributed by atoms with van der Waals surface area (Å²) >= 11 is 0. The highest BCUT2D eigenvalue weighted by Gasteiger charge is 2.26. The van der Waals surface area contributed by atoms with Crippen LogP contribution in [0.3, 0.4) is 0 Å². The third kappa shape index (κ3) is 1.52. The molecule has 0 saturated carbocycles. The topological polar surface area (TPSA) is 68.1 Å². The molecule has 1 aromatic heterocycles. The highest BCUT2D eigenvalue weighted by Crippen LogP contribution is 2.30. The molecule has 0 radical (unpaired) electrons. The van der Waals surface area contributed by atoms with Gasteiger partial charge in [-0.15, -0.1) is 0 Å². The lowest BCUT2D eigenvalue weighted by atomic mass is 9.91. The smallest absolute Gasteiger partial charge is 0.166 e. The number of fused-ring (bicyclic) bond motifs is 3. The monoisotopic (exact) mass is 230 g/mol. The van der Waals surface area contributed by atoms with Crippen molar-refractivity contribution in [1.29, 1.82) is 0 Å². The summed E-state index contributed by atoms with van der Waals surface area (Å²) in [5, 5.41) is 0.970. The van der Waals surface area contributed by atoms with Crippen LogP contribution in [0, 0.1) is 0 Å². The van der Waals surface area contributed by atoms with Gasteiger partial charge in [-0.05, 0) is 12.1 Å². The molecule has 0 bridgehead atoms. The van der Waals surface area contributed by atoms with E-state index in [0.29, 0.717) is 6.42 Å². The first-order chi connectivity index (χ1) is 8.19. The van der Waals surface area contributed by atoms with Crippen LogP contribution in [-0.2, 0) is 6.42 Å². The number of hydrogen-bond donors (Lipinski definition) is 2. The molecule has 0 amide bonds. The van der Waals surface area contributed by atoms with Gasteiger partial charge in [-0.1, -0.05) is 0 Å². The third-order valence-electron chi connectivity index (χ3n) is 3.28. The number of H-pyrrole nitrogens is 1. The van der Waals surface area contributed by atoms with Crippen LogP contribution in [0.1, 0.15) is 22.5 Å². The number of aromatic amines is 1. The van der Waals surface area contributed by atoms with Crippen molar-refractivity contribution in [2.75, 3.05) is 7.11 Å². The molecule has 1 aromatic carbocycles. The molecular formula is C13H14N2O2. The second-order valence-electron chi connectivity index (χ2n) is 4.48. The fraction of sp³-hybridized carbons (Fsp3) is 0.308. The maximum Gasteiger partial charge on any atom is 0.166 e. The molecule has 0 fully saturated rings. The number of methoxy groups -OCH3 is 1. The van der Waals surface area contributed by atoms with Crippen LogP contribution in [-0.4, -0.2) is 23.9 Å². The largest absolute Gasteiger partial charge is 0.497 e. The predicted octanol–water partition coefficient (Wildman–Crippen LogP) is 1.63. The van der Waals surface area contributed by atoms with Gasteiger partial charge in [0.1, 0.15) is 5.75 Å². The van der Waals surface area contributed by atoms with E-state index in [1.165, 1.54) is 0 Å². The van der Waals surface area contributed by atoms with Crippen LogP contribution in [0.5, 0.6) is 5.75 Å². The van der Waals surface area contributed by atoms with Crippen molar-refractivity contribution < 1.29 is 9.53 Å². The van der Waals surface area contributed by atoms with E-state index in [9.17, 15) is 4.79 Å². The van der Waals surface area contributed by atoms with Gasteiger partial charge in [-0.3, -0.25) is 4.79 Å². The highest BCUT2D eigenvalue weighted by atomic mass is 16.5. The fourth-order valence-corrected chi connectivity index (χ4v) is 2.51. The van der Waals surface area contributed by atoms with Gasteiger partial charge in [0.05, 0.1) is 12.6 Å². The molecule has 88 valence electrons. The lowest BCUT2D eigenvalue weighted by Crippen LogP contribution is -2.31. The first-order valence-corrected chi connectivity index (χ1v) is 5.66. The SMILES string of the molecule is COc1ccc2c3c([nH]c2c1)CC(N)CC3=O. The molecule has 4 heteroatoms. The van der Waals surface area contributed by atoms with E-state index >= 15 is 0 Å². The minimum atomic E-state index is -0.0649. The summed E-state index contributed by atoms with van der Waals surface area (Å²) in [5.41, 5.74) is 8.56. The minimum absolute atomic E-state index is 0.0649. The molecule has 2 aromatic rings. The number of aromatic nitrogens is 1. The zero-order chi connectivity index (χ0) is 12.0. The van der Waals surface area contributed by atoms with Crippen molar-refractivity contribution in [3.05, 3.63) is 29.5 Å². The molecule has 1 aliphatic carbocycles. The zero-order valence-electron chi connectivity index (χ0n) is 9.62. The lowest BCUT2D eigenvalue weighted by molar-refractivity contribution is 0.0967. The maximum atomic E-state index is 12.0. The van der Waals surface area contributed by atoms with Crippen molar-refractivity contribution in [2.45, 2.75) is 18.9 Å². The van der Waals surface area contributed by atoms with Gasteiger partial charge in [-0.25, -0.2) is 0 Å². The highest BCUT2D eigenvalue weighted by molar-refractivity contribution is 6.10. The van der Waals surface area contributed by atoms with Crippen molar-refractivity contribution in [3.63, 3.8) is 0 Å². The fourth-order valence-electron chi connectivity index (χ4n) is 2.51. The first-order valence-electron chi connectivity index (χ1n) is 5.66. The number of nitrogens with one attached hydrogen (secondary N) is 1. The number of ether oxygens (including phenoxy) is 1. The molecule has 0 saturated heterocycles. The molecular weight excluding hydrogens is 216 g/mol. The predicted molar refractivity (Wildman–Crippen MR) is 65.5 cm³/mol. The Labute approximate surface area is 98.8 Å². The third-order valence-corrected chi connectivity index (χ3v) is 3.28. The lowest BCUT2D eigenvalue weighted by Gasteiger charge is -2.16. The van der Waals surface area contributed by atoms with E-state index in [0.717, 1.165) is 34.3 Å². The van der Waals surface area contributed by atoms with Crippen LogP contribution in [0.4, 0.5) is 0 Å². The van der Waals surface area contributed by atoms with Crippen LogP contribution < -0.4 is 10.5 Å². The Morgan fingerprint density at radius 3 is 3.00 bits per heavy atom. The van der Waals surface area contributed by atoms with Crippen LogP contribution >= 0.6 is 0 Å². The number of Topliss-reactive ketones (excluding diaryl/α,β-unsaturated/α-hetero) is 1. The zero-order valence-corrected chi connectivity index (χ0v) is 9.62. The number of hydrogen-bond acceptors (Lipinski definition) is 3. The van der Waals surface area contributed by atoms with Crippen LogP contribution in [0.2, 0.25) is 0 Å². The van der Waals surface area contributed by atoms with Gasteiger partial charge in [0.2, 0.25) is 0 Å². The quantitative estimate of drug-likeness (QED) is 0.782. The van der Waals surface area contributed by atoms with Crippen molar-refractivity contribution in [2.24, 2.45) is 5.73 Å². The molecule has 17 heavy (non-hydrogen) atoms. The molecule has 3 rings (SSSR count). The Bertz CT molecular complexity index is 601. The van der Waals surface area contributed by atoms with Gasteiger partial charge >= 0.3 is 0 Å². The summed E-state index contributed by atoms with van der Waals surface area (Å²) in [5.74, 6) is 0.919. The molecule has 1 unspecified atom stereocenters. The number of rotatable bonds is 1. The van der Waals surface area contributed by atoms with Crippen LogP contribution in [0.25, 0.3) is 10.9 Å². The van der Waals surface area contributed by atoms with E-state index in [1.54, 1.807) is 7.11 Å². The molecule has 0 spiro atoms. The van der Waals surface area contributed by atoms with E-state index in [1.807, 2.05) is 18.2 Å². The first kappa shape index (κ1) is 10.4. The molecule has 3 N–H and O–H groups in total. The Morgan fingerprint density at radius 2 is 2.24 bits per heavy atom. The van der Waals surface area contributed by atoms with E-state index < -0.39 is 0 Å². The molecule has 1 aliphatic rings. The minimum Gasteiger partial charge on any atom is -0.497 e. The van der Waals surface area contributed by atoms with Crippen LogP contribution in [0.15, 0.2) is 18.2 Å². The molecule has 1 atom stereocenters. The van der Waals surface area contributed by atoms with Crippen molar-refractivity contribution in [1.82, 2.24) is 4.98 Å². The van der Waals surface area contributed by atoms with Gasteiger partial charge in [0, 0.05) is 41.6 Å². The maximum absolute atomic E-state index is 12.0. The molecule has 4 nitrogen and oxygen atoms in total. The average molecular weight is 230 g/mol. The van der Waals surface area contributed by atoms with Gasteiger partial charge in [-0.2, -0.15) is 0 Å². The second kappa shape index (κ2) is 3.60. The summed E-state index contributed by atoms with van der Waals surface area (Å²) in [6.07, 6.45) is 1.17. The Balaban J connectivity index is 2.24. The van der Waals surface area contributed by atoms with Gasteiger partial charge in [0.25, 0.3) is 0 Å². The Hall–Kier alpha value is -1.81. The number of nitrogens with two attached hydrogens (primary N) is 1. The van der Waals surface area contributed by atoms with E-state index in [-0.39, 0.29) is 11.8 Å². The van der Waals surface area contributed by atoms with Crippen molar-refractivity contribution in [3.8, 4) is 5.75 Å². The van der Waals surface area contributed by atoms with Gasteiger partial charge in [0.15, 0.2) is 5.78 Å². The van der Waals surface area contributed by atoms with Gasteiger partial charge < -0.3 is 15.5 Å². The second-order valence-corrected chi connectivity index (χ2v) is 4.48. The van der Waals surface area contributed by atoms with E-state index in [2.05, 4.69) is 4.98 Å². The Morgan fingerprint density at radius 1 is 1.41 bits per heavy atom. The standard InChI is InChI=1S/C13H14N2O2/c1-17-8-2-3-9-10(6-8)15-11-4-7(14)5-12(16)13(9)11/h2-3,6-7,15H,4-5,14H2,1H3. The average Bonchev–Trinajstić information content (AvgIpc) is 2.65. The normalized spacial score (nSPS) is 19.4.